The van der Waals surface area contributed by atoms with E-state index >= 15 is 0 Å². The summed E-state index contributed by atoms with van der Waals surface area (Å²) in [7, 11) is -1.02. The number of hydrogen-bond acceptors (Lipinski definition) is 3. The molecule has 8 heteroatoms. The van der Waals surface area contributed by atoms with Crippen molar-refractivity contribution >= 4 is 16.8 Å². The third-order valence-electron chi connectivity index (χ3n) is 2.80. The minimum Gasteiger partial charge on any atom is -0.492 e. The van der Waals surface area contributed by atoms with Crippen LogP contribution in [0, 0.1) is 11.6 Å². The van der Waals surface area contributed by atoms with Crippen LogP contribution < -0.4 is 15.4 Å². The summed E-state index contributed by atoms with van der Waals surface area (Å²) in [5.74, 6) is -1.36. The Balaban J connectivity index is 2.17. The van der Waals surface area contributed by atoms with Crippen LogP contribution in [-0.4, -0.2) is 40.4 Å². The Morgan fingerprint density at radius 2 is 1.83 bits per heavy atom. The van der Waals surface area contributed by atoms with E-state index in [2.05, 4.69) is 10.6 Å². The van der Waals surface area contributed by atoms with Gasteiger partial charge in [-0.3, -0.25) is 4.21 Å². The molecule has 1 atom stereocenters. The summed E-state index contributed by atoms with van der Waals surface area (Å²) in [4.78, 5) is 11.5. The molecule has 0 aliphatic carbocycles. The lowest BCUT2D eigenvalue weighted by atomic mass is 10.3. The summed E-state index contributed by atoms with van der Waals surface area (Å²) in [5, 5.41) is 5.14. The Bertz CT molecular complexity index is 562. The fraction of sp³-hybridized carbons (Fsp3) is 0.533. The van der Waals surface area contributed by atoms with Gasteiger partial charge in [0.15, 0.2) is 11.6 Å². The summed E-state index contributed by atoms with van der Waals surface area (Å²) >= 11 is 0. The Labute approximate surface area is 137 Å². The third kappa shape index (κ3) is 7.40. The van der Waals surface area contributed by atoms with Gasteiger partial charge >= 0.3 is 6.03 Å². The van der Waals surface area contributed by atoms with Crippen LogP contribution >= 0.6 is 0 Å². The Morgan fingerprint density at radius 1 is 1.17 bits per heavy atom. The van der Waals surface area contributed by atoms with E-state index in [4.69, 9.17) is 4.74 Å². The van der Waals surface area contributed by atoms with Crippen LogP contribution in [0.4, 0.5) is 13.6 Å². The van der Waals surface area contributed by atoms with Crippen molar-refractivity contribution in [3.63, 3.8) is 0 Å². The third-order valence-corrected chi connectivity index (χ3v) is 4.74. The summed E-state index contributed by atoms with van der Waals surface area (Å²) in [6.07, 6.45) is 0. The fourth-order valence-corrected chi connectivity index (χ4v) is 2.43. The van der Waals surface area contributed by atoms with Gasteiger partial charge in [0.25, 0.3) is 0 Å². The van der Waals surface area contributed by atoms with Crippen LogP contribution in [0.2, 0.25) is 0 Å². The van der Waals surface area contributed by atoms with Gasteiger partial charge in [0.1, 0.15) is 12.4 Å². The van der Waals surface area contributed by atoms with Gasteiger partial charge in [-0.2, -0.15) is 0 Å². The number of rotatable bonds is 7. The first kappa shape index (κ1) is 19.3. The highest BCUT2D eigenvalue weighted by molar-refractivity contribution is 7.86. The zero-order chi connectivity index (χ0) is 17.5. The lowest BCUT2D eigenvalue weighted by molar-refractivity contribution is 0.237. The van der Waals surface area contributed by atoms with Crippen LogP contribution in [0.1, 0.15) is 20.8 Å². The van der Waals surface area contributed by atoms with E-state index in [1.807, 2.05) is 20.8 Å². The minimum absolute atomic E-state index is 0.117. The smallest absolute Gasteiger partial charge is 0.314 e. The van der Waals surface area contributed by atoms with Gasteiger partial charge in [-0.15, -0.1) is 0 Å². The lowest BCUT2D eigenvalue weighted by Crippen LogP contribution is -2.40. The first-order valence-corrected chi connectivity index (χ1v) is 8.50. The number of carbonyl (C=O) groups is 1. The maximum absolute atomic E-state index is 12.9. The van der Waals surface area contributed by atoms with Gasteiger partial charge in [-0.25, -0.2) is 13.6 Å². The van der Waals surface area contributed by atoms with Gasteiger partial charge in [0.2, 0.25) is 0 Å². The van der Waals surface area contributed by atoms with Crippen molar-refractivity contribution in [1.82, 2.24) is 10.6 Å². The molecule has 0 aliphatic heterocycles. The van der Waals surface area contributed by atoms with Crippen molar-refractivity contribution in [1.29, 1.82) is 0 Å². The molecule has 5 nitrogen and oxygen atoms in total. The quantitative estimate of drug-likeness (QED) is 0.742. The summed E-state index contributed by atoms with van der Waals surface area (Å²) in [5.41, 5.74) is 0. The molecule has 0 bridgehead atoms. The summed E-state index contributed by atoms with van der Waals surface area (Å²) in [6.45, 7) is 6.25. The SMILES string of the molecule is CC(C)(C)[S@@](=O)CCNC(=O)NCCOc1ccc(F)c(F)c1. The molecule has 130 valence electrons. The molecule has 23 heavy (non-hydrogen) atoms. The number of amides is 2. The molecule has 0 aliphatic rings. The van der Waals surface area contributed by atoms with Crippen molar-refractivity contribution in [2.45, 2.75) is 25.5 Å². The second kappa shape index (κ2) is 8.81. The molecule has 0 radical (unpaired) electrons. The maximum atomic E-state index is 12.9. The van der Waals surface area contributed by atoms with Crippen molar-refractivity contribution in [3.8, 4) is 5.75 Å². The molecule has 0 saturated heterocycles. The van der Waals surface area contributed by atoms with Crippen LogP contribution in [0.15, 0.2) is 18.2 Å². The average molecular weight is 348 g/mol. The highest BCUT2D eigenvalue weighted by Gasteiger charge is 2.18. The van der Waals surface area contributed by atoms with Gasteiger partial charge in [0.05, 0.1) is 6.54 Å². The number of halogens is 2. The van der Waals surface area contributed by atoms with Crippen LogP contribution in [0.25, 0.3) is 0 Å². The molecule has 2 N–H and O–H groups in total. The molecule has 0 saturated carbocycles. The van der Waals surface area contributed by atoms with E-state index < -0.39 is 28.5 Å². The van der Waals surface area contributed by atoms with E-state index in [-0.39, 0.29) is 23.6 Å². The molecular weight excluding hydrogens is 326 g/mol. The highest BCUT2D eigenvalue weighted by atomic mass is 32.2. The monoisotopic (exact) mass is 348 g/mol. The van der Waals surface area contributed by atoms with E-state index in [1.54, 1.807) is 0 Å². The normalized spacial score (nSPS) is 12.6. The van der Waals surface area contributed by atoms with E-state index in [0.717, 1.165) is 12.1 Å². The topological polar surface area (TPSA) is 67.4 Å². The van der Waals surface area contributed by atoms with E-state index in [1.165, 1.54) is 6.07 Å². The summed E-state index contributed by atoms with van der Waals surface area (Å²) < 4.78 is 42.3. The second-order valence-electron chi connectivity index (χ2n) is 5.77. The van der Waals surface area contributed by atoms with E-state index in [9.17, 15) is 17.8 Å². The van der Waals surface area contributed by atoms with E-state index in [0.29, 0.717) is 12.3 Å². The average Bonchev–Trinajstić information content (AvgIpc) is 2.46. The molecule has 0 unspecified atom stereocenters. The van der Waals surface area contributed by atoms with Crippen LogP contribution in [0.5, 0.6) is 5.75 Å². The maximum Gasteiger partial charge on any atom is 0.314 e. The molecule has 1 rings (SSSR count). The Hall–Kier alpha value is -1.70. The van der Waals surface area contributed by atoms with Crippen molar-refractivity contribution < 1.29 is 22.5 Å². The van der Waals surface area contributed by atoms with Crippen molar-refractivity contribution in [2.24, 2.45) is 0 Å². The first-order valence-electron chi connectivity index (χ1n) is 7.18. The Kier molecular flexibility index (Phi) is 7.41. The highest BCUT2D eigenvalue weighted by Crippen LogP contribution is 2.15. The number of urea groups is 1. The standard InChI is InChI=1S/C15H22F2N2O3S/c1-15(2,3)23(21)9-7-19-14(20)18-6-8-22-11-4-5-12(16)13(17)10-11/h4-5,10H,6-9H2,1-3H3,(H2,18,19,20)/t23-/m0/s1. The minimum atomic E-state index is -1.02. The lowest BCUT2D eigenvalue weighted by Gasteiger charge is -2.17. The zero-order valence-electron chi connectivity index (χ0n) is 13.4. The zero-order valence-corrected chi connectivity index (χ0v) is 14.3. The van der Waals surface area contributed by atoms with Crippen LogP contribution in [-0.2, 0) is 10.8 Å². The molecular formula is C15H22F2N2O3S. The number of nitrogens with one attached hydrogen (secondary N) is 2. The molecule has 0 spiro atoms. The molecule has 1 aromatic rings. The van der Waals surface area contributed by atoms with Gasteiger partial charge in [0, 0.05) is 33.9 Å². The molecule has 1 aromatic carbocycles. The molecule has 0 fully saturated rings. The predicted octanol–water partition coefficient (Wildman–Crippen LogP) is 2.19. The largest absolute Gasteiger partial charge is 0.492 e. The molecule has 2 amide bonds. The number of ether oxygens (including phenoxy) is 1. The Morgan fingerprint density at radius 3 is 2.43 bits per heavy atom. The predicted molar refractivity (Wildman–Crippen MR) is 86.0 cm³/mol. The fourth-order valence-electron chi connectivity index (χ4n) is 1.53. The number of benzene rings is 1. The van der Waals surface area contributed by atoms with Gasteiger partial charge in [-0.05, 0) is 32.9 Å². The van der Waals surface area contributed by atoms with Gasteiger partial charge < -0.3 is 15.4 Å². The summed E-state index contributed by atoms with van der Waals surface area (Å²) in [6, 6.07) is 2.82. The first-order chi connectivity index (χ1) is 10.7. The number of carbonyl (C=O) groups excluding carboxylic acids is 1. The molecule has 0 aromatic heterocycles. The van der Waals surface area contributed by atoms with Crippen molar-refractivity contribution in [3.05, 3.63) is 29.8 Å². The van der Waals surface area contributed by atoms with Gasteiger partial charge in [-0.1, -0.05) is 0 Å². The number of hydrogen-bond donors (Lipinski definition) is 2. The van der Waals surface area contributed by atoms with Crippen molar-refractivity contribution in [2.75, 3.05) is 25.4 Å². The molecule has 0 heterocycles. The van der Waals surface area contributed by atoms with Crippen LogP contribution in [0.3, 0.4) is 0 Å². The second-order valence-corrected chi connectivity index (χ2v) is 8.09.